The molecule has 1 N–H and O–H groups in total. The van der Waals surface area contributed by atoms with Gasteiger partial charge in [0, 0.05) is 6.61 Å². The van der Waals surface area contributed by atoms with E-state index < -0.39 is 5.97 Å². The van der Waals surface area contributed by atoms with E-state index >= 15 is 0 Å². The van der Waals surface area contributed by atoms with E-state index in [0.717, 1.165) is 18.1 Å². The fourth-order valence-corrected chi connectivity index (χ4v) is 1.42. The Balaban J connectivity index is 1.88. The monoisotopic (exact) mass is 206 g/mol. The van der Waals surface area contributed by atoms with Crippen LogP contribution in [0.4, 0.5) is 0 Å². The SMILES string of the molecule is O=C(O)c1cccc(COCC2CC2)c1. The second kappa shape index (κ2) is 4.45. The molecule has 0 aromatic heterocycles. The van der Waals surface area contributed by atoms with Crippen molar-refractivity contribution in [3.05, 3.63) is 35.4 Å². The molecule has 0 amide bonds. The van der Waals surface area contributed by atoms with Crippen LogP contribution in [-0.4, -0.2) is 17.7 Å². The third-order valence-electron chi connectivity index (χ3n) is 2.49. The summed E-state index contributed by atoms with van der Waals surface area (Å²) >= 11 is 0. The zero-order chi connectivity index (χ0) is 10.7. The van der Waals surface area contributed by atoms with Gasteiger partial charge < -0.3 is 9.84 Å². The van der Waals surface area contributed by atoms with E-state index in [1.807, 2.05) is 6.07 Å². The highest BCUT2D eigenvalue weighted by atomic mass is 16.5. The molecule has 1 aromatic carbocycles. The molecule has 0 unspecified atom stereocenters. The molecule has 1 aromatic rings. The fraction of sp³-hybridized carbons (Fsp3) is 0.417. The lowest BCUT2D eigenvalue weighted by Gasteiger charge is -2.04. The van der Waals surface area contributed by atoms with Crippen LogP contribution in [0.1, 0.15) is 28.8 Å². The molecular weight excluding hydrogens is 192 g/mol. The average molecular weight is 206 g/mol. The zero-order valence-corrected chi connectivity index (χ0v) is 8.48. The molecule has 2 rings (SSSR count). The van der Waals surface area contributed by atoms with Crippen LogP contribution < -0.4 is 0 Å². The Morgan fingerprint density at radius 3 is 2.93 bits per heavy atom. The van der Waals surface area contributed by atoms with Crippen LogP contribution in [0.25, 0.3) is 0 Å². The molecule has 1 aliphatic rings. The van der Waals surface area contributed by atoms with Gasteiger partial charge >= 0.3 is 5.97 Å². The number of hydrogen-bond donors (Lipinski definition) is 1. The second-order valence-electron chi connectivity index (χ2n) is 3.96. The van der Waals surface area contributed by atoms with Crippen LogP contribution in [0.3, 0.4) is 0 Å². The smallest absolute Gasteiger partial charge is 0.335 e. The van der Waals surface area contributed by atoms with Crippen molar-refractivity contribution in [2.24, 2.45) is 5.92 Å². The molecule has 3 heteroatoms. The van der Waals surface area contributed by atoms with Crippen LogP contribution in [0.15, 0.2) is 24.3 Å². The minimum Gasteiger partial charge on any atom is -0.478 e. The van der Waals surface area contributed by atoms with Crippen LogP contribution in [0.5, 0.6) is 0 Å². The Kier molecular flexibility index (Phi) is 3.02. The molecule has 0 saturated heterocycles. The summed E-state index contributed by atoms with van der Waals surface area (Å²) in [6, 6.07) is 6.89. The Hall–Kier alpha value is -1.35. The van der Waals surface area contributed by atoms with E-state index in [4.69, 9.17) is 9.84 Å². The maximum atomic E-state index is 10.7. The minimum absolute atomic E-state index is 0.322. The largest absolute Gasteiger partial charge is 0.478 e. The second-order valence-corrected chi connectivity index (χ2v) is 3.96. The van der Waals surface area contributed by atoms with Crippen molar-refractivity contribution in [1.29, 1.82) is 0 Å². The molecule has 0 radical (unpaired) electrons. The molecule has 3 nitrogen and oxygen atoms in total. The van der Waals surface area contributed by atoms with Crippen molar-refractivity contribution >= 4 is 5.97 Å². The predicted molar refractivity (Wildman–Crippen MR) is 55.8 cm³/mol. The summed E-state index contributed by atoms with van der Waals surface area (Å²) in [6.45, 7) is 1.31. The molecule has 0 aliphatic heterocycles. The lowest BCUT2D eigenvalue weighted by molar-refractivity contribution is 0.0696. The molecule has 1 saturated carbocycles. The molecule has 80 valence electrons. The molecule has 0 heterocycles. The summed E-state index contributed by atoms with van der Waals surface area (Å²) in [5, 5.41) is 8.79. The van der Waals surface area contributed by atoms with Crippen LogP contribution in [0, 0.1) is 5.92 Å². The summed E-state index contributed by atoms with van der Waals surface area (Å²) in [6.07, 6.45) is 2.55. The fourth-order valence-electron chi connectivity index (χ4n) is 1.42. The van der Waals surface area contributed by atoms with E-state index in [-0.39, 0.29) is 0 Å². The Morgan fingerprint density at radius 2 is 2.27 bits per heavy atom. The summed E-state index contributed by atoms with van der Waals surface area (Å²) in [5.74, 6) is -0.147. The first-order valence-corrected chi connectivity index (χ1v) is 5.15. The maximum Gasteiger partial charge on any atom is 0.335 e. The molecule has 1 aliphatic carbocycles. The average Bonchev–Trinajstić information content (AvgIpc) is 3.02. The first kappa shape index (κ1) is 10.2. The standard InChI is InChI=1S/C12H14O3/c13-12(14)11-3-1-2-10(6-11)8-15-7-9-4-5-9/h1-3,6,9H,4-5,7-8H2,(H,13,14). The van der Waals surface area contributed by atoms with Gasteiger partial charge in [0.1, 0.15) is 0 Å². The number of aromatic carboxylic acids is 1. The van der Waals surface area contributed by atoms with E-state index in [2.05, 4.69) is 0 Å². The van der Waals surface area contributed by atoms with Crippen LogP contribution >= 0.6 is 0 Å². The van der Waals surface area contributed by atoms with Gasteiger partial charge in [0.05, 0.1) is 12.2 Å². The van der Waals surface area contributed by atoms with E-state index in [1.165, 1.54) is 12.8 Å². The minimum atomic E-state index is -0.890. The highest BCUT2D eigenvalue weighted by Crippen LogP contribution is 2.29. The van der Waals surface area contributed by atoms with Gasteiger partial charge in [0.2, 0.25) is 0 Å². The molecule has 0 atom stereocenters. The summed E-state index contributed by atoms with van der Waals surface area (Å²) in [5.41, 5.74) is 1.25. The lowest BCUT2D eigenvalue weighted by Crippen LogP contribution is -2.00. The van der Waals surface area contributed by atoms with Gasteiger partial charge in [-0.1, -0.05) is 12.1 Å². The van der Waals surface area contributed by atoms with Gasteiger partial charge in [-0.2, -0.15) is 0 Å². The Morgan fingerprint density at radius 1 is 1.47 bits per heavy atom. The summed E-state index contributed by atoms with van der Waals surface area (Å²) < 4.78 is 5.49. The first-order valence-electron chi connectivity index (χ1n) is 5.15. The van der Waals surface area contributed by atoms with Crippen molar-refractivity contribution in [2.45, 2.75) is 19.4 Å². The van der Waals surface area contributed by atoms with Crippen LogP contribution in [0.2, 0.25) is 0 Å². The third-order valence-corrected chi connectivity index (χ3v) is 2.49. The summed E-state index contributed by atoms with van der Waals surface area (Å²) in [7, 11) is 0. The number of carboxylic acids is 1. The van der Waals surface area contributed by atoms with Crippen molar-refractivity contribution in [1.82, 2.24) is 0 Å². The highest BCUT2D eigenvalue weighted by molar-refractivity contribution is 5.87. The van der Waals surface area contributed by atoms with Crippen molar-refractivity contribution in [2.75, 3.05) is 6.61 Å². The Labute approximate surface area is 88.7 Å². The molecular formula is C12H14O3. The number of rotatable bonds is 5. The number of hydrogen-bond acceptors (Lipinski definition) is 2. The number of ether oxygens (including phenoxy) is 1. The molecule has 0 bridgehead atoms. The quantitative estimate of drug-likeness (QED) is 0.804. The predicted octanol–water partition coefficient (Wildman–Crippen LogP) is 2.31. The normalized spacial score (nSPS) is 15.2. The van der Waals surface area contributed by atoms with Crippen molar-refractivity contribution in [3.63, 3.8) is 0 Å². The third kappa shape index (κ3) is 3.06. The van der Waals surface area contributed by atoms with E-state index in [1.54, 1.807) is 18.2 Å². The first-order chi connectivity index (χ1) is 7.25. The van der Waals surface area contributed by atoms with Crippen molar-refractivity contribution in [3.8, 4) is 0 Å². The topological polar surface area (TPSA) is 46.5 Å². The number of carboxylic acid groups (broad SMARTS) is 1. The van der Waals surface area contributed by atoms with E-state index in [0.29, 0.717) is 12.2 Å². The zero-order valence-electron chi connectivity index (χ0n) is 8.48. The van der Waals surface area contributed by atoms with Gasteiger partial charge in [-0.3, -0.25) is 0 Å². The molecule has 0 spiro atoms. The number of benzene rings is 1. The maximum absolute atomic E-state index is 10.7. The van der Waals surface area contributed by atoms with Gasteiger partial charge in [0.25, 0.3) is 0 Å². The van der Waals surface area contributed by atoms with Gasteiger partial charge in [-0.05, 0) is 36.5 Å². The lowest BCUT2D eigenvalue weighted by atomic mass is 10.1. The highest BCUT2D eigenvalue weighted by Gasteiger charge is 2.20. The van der Waals surface area contributed by atoms with Gasteiger partial charge in [0.15, 0.2) is 0 Å². The van der Waals surface area contributed by atoms with Crippen LogP contribution in [-0.2, 0) is 11.3 Å². The van der Waals surface area contributed by atoms with Gasteiger partial charge in [-0.15, -0.1) is 0 Å². The molecule has 1 fully saturated rings. The Bertz CT molecular complexity index is 356. The number of carbonyl (C=O) groups is 1. The van der Waals surface area contributed by atoms with Gasteiger partial charge in [-0.25, -0.2) is 4.79 Å². The summed E-state index contributed by atoms with van der Waals surface area (Å²) in [4.78, 5) is 10.7. The van der Waals surface area contributed by atoms with E-state index in [9.17, 15) is 4.79 Å². The molecule has 15 heavy (non-hydrogen) atoms. The van der Waals surface area contributed by atoms with Crippen molar-refractivity contribution < 1.29 is 14.6 Å².